The molecule has 0 spiro atoms. The van der Waals surface area contributed by atoms with Crippen LogP contribution in [0.2, 0.25) is 5.02 Å². The quantitative estimate of drug-likeness (QED) is 0.306. The van der Waals surface area contributed by atoms with E-state index < -0.39 is 35.1 Å². The second-order valence-electron chi connectivity index (χ2n) is 7.60. The maximum absolute atomic E-state index is 13.3. The highest BCUT2D eigenvalue weighted by molar-refractivity contribution is 6.31. The van der Waals surface area contributed by atoms with E-state index in [-0.39, 0.29) is 28.6 Å². The molecule has 2 amide bonds. The first kappa shape index (κ1) is 27.2. The molecule has 0 radical (unpaired) electrons. The number of amides is 2. The molecule has 1 aromatic carbocycles. The van der Waals surface area contributed by atoms with Gasteiger partial charge >= 0.3 is 6.18 Å². The maximum atomic E-state index is 13.3. The first-order valence-electron chi connectivity index (χ1n) is 9.67. The van der Waals surface area contributed by atoms with Crippen LogP contribution in [0, 0.1) is 6.92 Å². The van der Waals surface area contributed by atoms with Gasteiger partial charge in [0.2, 0.25) is 0 Å². The van der Waals surface area contributed by atoms with E-state index in [0.717, 1.165) is 5.54 Å². The number of aryl methyl sites for hydroxylation is 1. The van der Waals surface area contributed by atoms with Gasteiger partial charge in [0.25, 0.3) is 11.8 Å². The number of aromatic nitrogens is 2. The Kier molecular flexibility index (Phi) is 8.40. The van der Waals surface area contributed by atoms with E-state index in [2.05, 4.69) is 27.6 Å². The topological polar surface area (TPSA) is 108 Å². The van der Waals surface area contributed by atoms with Crippen LogP contribution in [-0.4, -0.2) is 39.0 Å². The molecule has 1 heterocycles. The van der Waals surface area contributed by atoms with Crippen molar-refractivity contribution < 1.29 is 27.9 Å². The number of nitrogens with one attached hydrogen (secondary N) is 3. The van der Waals surface area contributed by atoms with Crippen molar-refractivity contribution in [2.45, 2.75) is 32.7 Å². The molecule has 1 aromatic heterocycles. The molecule has 4 N–H and O–H groups in total. The van der Waals surface area contributed by atoms with Crippen molar-refractivity contribution >= 4 is 46.5 Å². The van der Waals surface area contributed by atoms with E-state index in [1.807, 2.05) is 0 Å². The van der Waals surface area contributed by atoms with Crippen LogP contribution in [0.15, 0.2) is 36.4 Å². The van der Waals surface area contributed by atoms with Crippen molar-refractivity contribution in [1.82, 2.24) is 20.4 Å². The Morgan fingerprint density at radius 1 is 1.24 bits per heavy atom. The number of benzene rings is 1. The number of rotatable bonds is 8. The SMILES string of the molecule is C=CCN/C(=C/Cl)n1nc(C(F)(F)F)cc1C(=O)Nc1c(C)cc(Cl)cc1C(=O)NC(C)(C)O. The van der Waals surface area contributed by atoms with Gasteiger partial charge in [0.05, 0.1) is 11.3 Å². The molecule has 0 saturated heterocycles. The number of aliphatic hydroxyl groups is 1. The molecule has 184 valence electrons. The van der Waals surface area contributed by atoms with E-state index in [0.29, 0.717) is 16.3 Å². The number of anilines is 1. The Bertz CT molecular complexity index is 1140. The molecule has 34 heavy (non-hydrogen) atoms. The average Bonchev–Trinajstić information content (AvgIpc) is 3.15. The Morgan fingerprint density at radius 2 is 1.88 bits per heavy atom. The number of nitrogens with zero attached hydrogens (tertiary/aromatic N) is 2. The van der Waals surface area contributed by atoms with Crippen LogP contribution in [0.5, 0.6) is 0 Å². The lowest BCUT2D eigenvalue weighted by Gasteiger charge is -2.21. The van der Waals surface area contributed by atoms with Gasteiger partial charge in [-0.1, -0.05) is 29.3 Å². The number of carbonyl (C=O) groups excluding carboxylic acids is 2. The highest BCUT2D eigenvalue weighted by Gasteiger charge is 2.36. The minimum Gasteiger partial charge on any atom is -0.372 e. The van der Waals surface area contributed by atoms with Crippen LogP contribution < -0.4 is 16.0 Å². The van der Waals surface area contributed by atoms with Crippen molar-refractivity contribution in [1.29, 1.82) is 0 Å². The fraction of sp³-hybridized carbons (Fsp3) is 0.286. The van der Waals surface area contributed by atoms with E-state index in [9.17, 15) is 27.9 Å². The van der Waals surface area contributed by atoms with Gasteiger partial charge < -0.3 is 21.1 Å². The standard InChI is InChI=1S/C21H22Cl2F3N5O3/c1-5-6-27-16(10-22)31-14(9-15(30-31)21(24,25)26)19(33)28-17-11(2)7-12(23)8-13(17)18(32)29-20(3,4)34/h5,7-10,27,34H,1,6H2,2-4H3,(H,28,33)(H,29,32)/b16-10-. The summed E-state index contributed by atoms with van der Waals surface area (Å²) in [6.45, 7) is 7.81. The maximum Gasteiger partial charge on any atom is 0.435 e. The first-order chi connectivity index (χ1) is 15.7. The second kappa shape index (κ2) is 10.5. The fourth-order valence-electron chi connectivity index (χ4n) is 2.81. The summed E-state index contributed by atoms with van der Waals surface area (Å²) in [4.78, 5) is 25.8. The Balaban J connectivity index is 2.56. The van der Waals surface area contributed by atoms with Crippen LogP contribution in [0.1, 0.15) is 46.0 Å². The zero-order chi connectivity index (χ0) is 25.8. The van der Waals surface area contributed by atoms with Crippen molar-refractivity contribution in [2.75, 3.05) is 11.9 Å². The molecule has 0 bridgehead atoms. The van der Waals surface area contributed by atoms with Crippen molar-refractivity contribution in [3.8, 4) is 0 Å². The van der Waals surface area contributed by atoms with Gasteiger partial charge in [-0.15, -0.1) is 6.58 Å². The number of carbonyl (C=O) groups is 2. The number of halogens is 5. The predicted molar refractivity (Wildman–Crippen MR) is 123 cm³/mol. The molecule has 0 saturated carbocycles. The smallest absolute Gasteiger partial charge is 0.372 e. The Hall–Kier alpha value is -3.02. The lowest BCUT2D eigenvalue weighted by atomic mass is 10.1. The third kappa shape index (κ3) is 6.75. The highest BCUT2D eigenvalue weighted by atomic mass is 35.5. The largest absolute Gasteiger partial charge is 0.435 e. The minimum absolute atomic E-state index is 0.0205. The van der Waals surface area contributed by atoms with Gasteiger partial charge in [-0.2, -0.15) is 18.3 Å². The molecule has 2 rings (SSSR count). The molecular weight excluding hydrogens is 498 g/mol. The van der Waals surface area contributed by atoms with Gasteiger partial charge in [-0.25, -0.2) is 4.68 Å². The van der Waals surface area contributed by atoms with Crippen LogP contribution in [0.4, 0.5) is 18.9 Å². The number of hydrogen-bond donors (Lipinski definition) is 4. The summed E-state index contributed by atoms with van der Waals surface area (Å²) < 4.78 is 40.7. The van der Waals surface area contributed by atoms with Crippen LogP contribution in [-0.2, 0) is 6.18 Å². The van der Waals surface area contributed by atoms with Gasteiger partial charge in [-0.3, -0.25) is 9.59 Å². The van der Waals surface area contributed by atoms with Gasteiger partial charge in [0.1, 0.15) is 17.2 Å². The highest BCUT2D eigenvalue weighted by Crippen LogP contribution is 2.31. The summed E-state index contributed by atoms with van der Waals surface area (Å²) in [7, 11) is 0. The van der Waals surface area contributed by atoms with E-state index in [4.69, 9.17) is 23.2 Å². The van der Waals surface area contributed by atoms with Crippen molar-refractivity contribution in [3.05, 3.63) is 63.9 Å². The summed E-state index contributed by atoms with van der Waals surface area (Å²) in [5.74, 6) is -1.90. The first-order valence-corrected chi connectivity index (χ1v) is 10.5. The van der Waals surface area contributed by atoms with E-state index in [1.165, 1.54) is 39.0 Å². The molecule has 13 heteroatoms. The lowest BCUT2D eigenvalue weighted by Crippen LogP contribution is -2.43. The zero-order valence-electron chi connectivity index (χ0n) is 18.3. The molecule has 0 unspecified atom stereocenters. The third-order valence-corrected chi connectivity index (χ3v) is 4.62. The summed E-state index contributed by atoms with van der Waals surface area (Å²) >= 11 is 11.8. The van der Waals surface area contributed by atoms with Gasteiger partial charge in [0, 0.05) is 23.2 Å². The minimum atomic E-state index is -4.84. The Labute approximate surface area is 203 Å². The van der Waals surface area contributed by atoms with E-state index in [1.54, 1.807) is 0 Å². The van der Waals surface area contributed by atoms with E-state index >= 15 is 0 Å². The van der Waals surface area contributed by atoms with Gasteiger partial charge in [0.15, 0.2) is 5.69 Å². The molecule has 2 aromatic rings. The van der Waals surface area contributed by atoms with Gasteiger partial charge in [-0.05, 0) is 38.5 Å². The monoisotopic (exact) mass is 519 g/mol. The van der Waals surface area contributed by atoms with Crippen molar-refractivity contribution in [3.63, 3.8) is 0 Å². The summed E-state index contributed by atoms with van der Waals surface area (Å²) in [5, 5.41) is 21.0. The summed E-state index contributed by atoms with van der Waals surface area (Å²) in [6, 6.07) is 3.25. The molecule has 0 fully saturated rings. The number of alkyl halides is 3. The molecule has 0 aliphatic rings. The normalized spacial score (nSPS) is 12.3. The fourth-order valence-corrected chi connectivity index (χ4v) is 3.25. The Morgan fingerprint density at radius 3 is 2.41 bits per heavy atom. The second-order valence-corrected chi connectivity index (χ2v) is 8.26. The third-order valence-electron chi connectivity index (χ3n) is 4.19. The average molecular weight is 520 g/mol. The van der Waals surface area contributed by atoms with Crippen LogP contribution >= 0.6 is 23.2 Å². The summed E-state index contributed by atoms with van der Waals surface area (Å²) in [5.41, 5.74) is -2.30. The van der Waals surface area contributed by atoms with Crippen LogP contribution in [0.3, 0.4) is 0 Å². The molecule has 0 atom stereocenters. The molecule has 8 nitrogen and oxygen atoms in total. The predicted octanol–water partition coefficient (Wildman–Crippen LogP) is 4.34. The molecular formula is C21H22Cl2F3N5O3. The lowest BCUT2D eigenvalue weighted by molar-refractivity contribution is -0.141. The summed E-state index contributed by atoms with van der Waals surface area (Å²) in [6.07, 6.45) is -3.41. The zero-order valence-corrected chi connectivity index (χ0v) is 19.9. The molecule has 0 aliphatic heterocycles. The van der Waals surface area contributed by atoms with Crippen molar-refractivity contribution in [2.24, 2.45) is 0 Å². The van der Waals surface area contributed by atoms with Crippen LogP contribution in [0.25, 0.3) is 5.82 Å². The molecule has 0 aliphatic carbocycles. The number of hydrogen-bond acceptors (Lipinski definition) is 5.